The topological polar surface area (TPSA) is 65.3 Å². The second-order valence-corrected chi connectivity index (χ2v) is 4.56. The smallest absolute Gasteiger partial charge is 0.419 e. The first kappa shape index (κ1) is 12.5. The minimum Gasteiger partial charge on any atom is -0.458 e. The van der Waals surface area contributed by atoms with Gasteiger partial charge in [-0.15, -0.1) is 0 Å². The van der Waals surface area contributed by atoms with Gasteiger partial charge in [0, 0.05) is 19.0 Å². The standard InChI is InChI=1S/C15H13NO4/c1-3-10-5-7-12(19-10)14(17)9-4-6-11-13(8-9)20-15(18)16(11)2/h4-8H,3H2,1-2H3. The maximum Gasteiger partial charge on any atom is 0.419 e. The number of nitrogens with zero attached hydrogens (tertiary/aromatic N) is 1. The summed E-state index contributed by atoms with van der Waals surface area (Å²) in [4.78, 5) is 23.7. The Morgan fingerprint density at radius 3 is 2.70 bits per heavy atom. The van der Waals surface area contributed by atoms with Crippen molar-refractivity contribution < 1.29 is 13.6 Å². The number of oxazole rings is 1. The van der Waals surface area contributed by atoms with E-state index in [2.05, 4.69) is 0 Å². The van der Waals surface area contributed by atoms with Crippen LogP contribution in [-0.4, -0.2) is 10.4 Å². The Balaban J connectivity index is 2.05. The molecule has 0 radical (unpaired) electrons. The summed E-state index contributed by atoms with van der Waals surface area (Å²) in [5.41, 5.74) is 1.48. The van der Waals surface area contributed by atoms with Crippen LogP contribution in [-0.2, 0) is 13.5 Å². The van der Waals surface area contributed by atoms with Gasteiger partial charge in [-0.3, -0.25) is 9.36 Å². The molecule has 2 aromatic heterocycles. The molecule has 0 saturated heterocycles. The van der Waals surface area contributed by atoms with Crippen LogP contribution in [0.4, 0.5) is 0 Å². The van der Waals surface area contributed by atoms with Crippen LogP contribution < -0.4 is 5.76 Å². The van der Waals surface area contributed by atoms with Crippen LogP contribution in [0.15, 0.2) is 44.0 Å². The third kappa shape index (κ3) is 1.87. The van der Waals surface area contributed by atoms with E-state index >= 15 is 0 Å². The number of fused-ring (bicyclic) bond motifs is 1. The van der Waals surface area contributed by atoms with Gasteiger partial charge in [-0.25, -0.2) is 4.79 Å². The van der Waals surface area contributed by atoms with E-state index in [1.807, 2.05) is 6.92 Å². The van der Waals surface area contributed by atoms with Gasteiger partial charge in [0.25, 0.3) is 0 Å². The molecule has 0 saturated carbocycles. The van der Waals surface area contributed by atoms with Gasteiger partial charge in [-0.05, 0) is 30.3 Å². The van der Waals surface area contributed by atoms with Crippen molar-refractivity contribution in [3.63, 3.8) is 0 Å². The van der Waals surface area contributed by atoms with E-state index in [9.17, 15) is 9.59 Å². The summed E-state index contributed by atoms with van der Waals surface area (Å²) in [6.07, 6.45) is 0.736. The van der Waals surface area contributed by atoms with Gasteiger partial charge in [0.05, 0.1) is 5.52 Å². The maximum absolute atomic E-state index is 12.3. The molecule has 0 spiro atoms. The molecule has 3 aromatic rings. The fourth-order valence-corrected chi connectivity index (χ4v) is 2.11. The monoisotopic (exact) mass is 271 g/mol. The molecule has 0 aliphatic heterocycles. The van der Waals surface area contributed by atoms with Crippen LogP contribution in [0, 0.1) is 0 Å². The van der Waals surface area contributed by atoms with E-state index in [4.69, 9.17) is 8.83 Å². The van der Waals surface area contributed by atoms with Gasteiger partial charge < -0.3 is 8.83 Å². The van der Waals surface area contributed by atoms with Crippen molar-refractivity contribution >= 4 is 16.9 Å². The zero-order valence-corrected chi connectivity index (χ0v) is 11.2. The molecule has 0 unspecified atom stereocenters. The Morgan fingerprint density at radius 1 is 1.20 bits per heavy atom. The highest BCUT2D eigenvalue weighted by Crippen LogP contribution is 2.18. The molecule has 0 amide bonds. The fourth-order valence-electron chi connectivity index (χ4n) is 2.11. The second-order valence-electron chi connectivity index (χ2n) is 4.56. The van der Waals surface area contributed by atoms with E-state index in [0.717, 1.165) is 12.2 Å². The van der Waals surface area contributed by atoms with Gasteiger partial charge in [0.15, 0.2) is 11.3 Å². The molecule has 5 nitrogen and oxygen atoms in total. The number of hydrogen-bond acceptors (Lipinski definition) is 4. The number of furan rings is 1. The summed E-state index contributed by atoms with van der Waals surface area (Å²) >= 11 is 0. The predicted octanol–water partition coefficient (Wildman–Crippen LogP) is 2.52. The highest BCUT2D eigenvalue weighted by Gasteiger charge is 2.15. The van der Waals surface area contributed by atoms with Crippen molar-refractivity contribution in [1.82, 2.24) is 4.57 Å². The van der Waals surface area contributed by atoms with Crippen LogP contribution >= 0.6 is 0 Å². The quantitative estimate of drug-likeness (QED) is 0.686. The third-order valence-electron chi connectivity index (χ3n) is 3.29. The van der Waals surface area contributed by atoms with Crippen molar-refractivity contribution in [2.75, 3.05) is 0 Å². The lowest BCUT2D eigenvalue weighted by Gasteiger charge is -1.98. The molecule has 2 heterocycles. The number of benzene rings is 1. The molecule has 3 rings (SSSR count). The van der Waals surface area contributed by atoms with Crippen molar-refractivity contribution in [2.45, 2.75) is 13.3 Å². The SMILES string of the molecule is CCc1ccc(C(=O)c2ccc3c(c2)oc(=O)n3C)o1. The molecule has 102 valence electrons. The lowest BCUT2D eigenvalue weighted by molar-refractivity contribution is 0.101. The summed E-state index contributed by atoms with van der Waals surface area (Å²) in [5, 5.41) is 0. The number of rotatable bonds is 3. The van der Waals surface area contributed by atoms with E-state index in [1.165, 1.54) is 4.57 Å². The Bertz CT molecular complexity index is 850. The van der Waals surface area contributed by atoms with Gasteiger partial charge in [0.2, 0.25) is 5.78 Å². The second kappa shape index (κ2) is 4.52. The Labute approximate surface area is 114 Å². The molecule has 0 fully saturated rings. The Kier molecular flexibility index (Phi) is 2.82. The number of hydrogen-bond donors (Lipinski definition) is 0. The van der Waals surface area contributed by atoms with Crippen LogP contribution in [0.1, 0.15) is 28.8 Å². The van der Waals surface area contributed by atoms with Crippen LogP contribution in [0.2, 0.25) is 0 Å². The molecule has 1 aromatic carbocycles. The van der Waals surface area contributed by atoms with Gasteiger partial charge in [-0.2, -0.15) is 0 Å². The zero-order chi connectivity index (χ0) is 14.3. The lowest BCUT2D eigenvalue weighted by atomic mass is 10.1. The van der Waals surface area contributed by atoms with E-state index in [0.29, 0.717) is 22.4 Å². The average molecular weight is 271 g/mol. The van der Waals surface area contributed by atoms with E-state index in [-0.39, 0.29) is 5.78 Å². The molecule has 0 bridgehead atoms. The molecular formula is C15H13NO4. The highest BCUT2D eigenvalue weighted by molar-refractivity contribution is 6.08. The average Bonchev–Trinajstić information content (AvgIpc) is 3.04. The Morgan fingerprint density at radius 2 is 2.00 bits per heavy atom. The van der Waals surface area contributed by atoms with Crippen molar-refractivity contribution in [3.8, 4) is 0 Å². The first-order valence-electron chi connectivity index (χ1n) is 6.33. The first-order valence-corrected chi connectivity index (χ1v) is 6.33. The summed E-state index contributed by atoms with van der Waals surface area (Å²) in [6.45, 7) is 1.96. The number of ketones is 1. The molecule has 0 N–H and O–H groups in total. The molecular weight excluding hydrogens is 258 g/mol. The molecule has 0 atom stereocenters. The number of aryl methyl sites for hydroxylation is 2. The van der Waals surface area contributed by atoms with Crippen LogP contribution in [0.3, 0.4) is 0 Å². The van der Waals surface area contributed by atoms with E-state index in [1.54, 1.807) is 37.4 Å². The molecule has 20 heavy (non-hydrogen) atoms. The van der Waals surface area contributed by atoms with Crippen molar-refractivity contribution in [2.24, 2.45) is 7.05 Å². The largest absolute Gasteiger partial charge is 0.458 e. The first-order chi connectivity index (χ1) is 9.60. The third-order valence-corrected chi connectivity index (χ3v) is 3.29. The summed E-state index contributed by atoms with van der Waals surface area (Å²) in [5.74, 6) is 0.383. The lowest BCUT2D eigenvalue weighted by Crippen LogP contribution is -2.08. The maximum atomic E-state index is 12.3. The summed E-state index contributed by atoms with van der Waals surface area (Å²) in [7, 11) is 1.62. The van der Waals surface area contributed by atoms with Crippen LogP contribution in [0.5, 0.6) is 0 Å². The normalized spacial score (nSPS) is 11.1. The summed E-state index contributed by atoms with van der Waals surface area (Å²) in [6, 6.07) is 8.36. The number of carbonyl (C=O) groups is 1. The van der Waals surface area contributed by atoms with Crippen molar-refractivity contribution in [3.05, 3.63) is 58.0 Å². The molecule has 5 heteroatoms. The van der Waals surface area contributed by atoms with Gasteiger partial charge in [-0.1, -0.05) is 6.92 Å². The van der Waals surface area contributed by atoms with E-state index < -0.39 is 5.76 Å². The fraction of sp³-hybridized carbons (Fsp3) is 0.200. The van der Waals surface area contributed by atoms with Gasteiger partial charge in [0.1, 0.15) is 5.76 Å². The number of carbonyl (C=O) groups excluding carboxylic acids is 1. The zero-order valence-electron chi connectivity index (χ0n) is 11.2. The van der Waals surface area contributed by atoms with Gasteiger partial charge >= 0.3 is 5.76 Å². The minimum atomic E-state index is -0.448. The van der Waals surface area contributed by atoms with Crippen molar-refractivity contribution in [1.29, 1.82) is 0 Å². The molecule has 0 aliphatic carbocycles. The Hall–Kier alpha value is -2.56. The minimum absolute atomic E-state index is 0.224. The molecule has 0 aliphatic rings. The highest BCUT2D eigenvalue weighted by atomic mass is 16.4. The van der Waals surface area contributed by atoms with Crippen LogP contribution in [0.25, 0.3) is 11.1 Å². The predicted molar refractivity (Wildman–Crippen MR) is 73.0 cm³/mol. The summed E-state index contributed by atoms with van der Waals surface area (Å²) < 4.78 is 11.9. The number of aromatic nitrogens is 1.